The van der Waals surface area contributed by atoms with Crippen molar-refractivity contribution in [1.82, 2.24) is 0 Å². The van der Waals surface area contributed by atoms with E-state index in [0.717, 1.165) is 0 Å². The van der Waals surface area contributed by atoms with Crippen LogP contribution in [0.2, 0.25) is 0 Å². The molecule has 2 aromatic rings. The summed E-state index contributed by atoms with van der Waals surface area (Å²) in [6.07, 6.45) is -1.15. The van der Waals surface area contributed by atoms with Crippen LogP contribution in [0.1, 0.15) is 17.5 Å². The van der Waals surface area contributed by atoms with E-state index >= 15 is 0 Å². The van der Waals surface area contributed by atoms with Crippen molar-refractivity contribution in [1.29, 1.82) is 0 Å². The van der Waals surface area contributed by atoms with Crippen LogP contribution in [0, 0.1) is 29.1 Å². The number of hydrogen-bond donors (Lipinski definition) is 0. The maximum Gasteiger partial charge on any atom is 0.200 e. The summed E-state index contributed by atoms with van der Waals surface area (Å²) < 4.78 is 72.1. The topological polar surface area (TPSA) is 30.8 Å². The van der Waals surface area contributed by atoms with Crippen molar-refractivity contribution in [2.24, 2.45) is 5.16 Å². The molecule has 0 fully saturated rings. The predicted molar refractivity (Wildman–Crippen MR) is 79.0 cm³/mol. The van der Waals surface area contributed by atoms with Crippen molar-refractivity contribution in [3.8, 4) is 5.75 Å². The first-order valence-corrected chi connectivity index (χ1v) is 7.29. The van der Waals surface area contributed by atoms with Crippen LogP contribution in [-0.4, -0.2) is 18.9 Å². The molecule has 0 aliphatic carbocycles. The summed E-state index contributed by atoms with van der Waals surface area (Å²) in [4.78, 5) is 5.09. The molecule has 1 unspecified atom stereocenters. The molecule has 132 valence electrons. The van der Waals surface area contributed by atoms with Gasteiger partial charge in [-0.15, -0.1) is 0 Å². The van der Waals surface area contributed by atoms with Crippen LogP contribution in [0.25, 0.3) is 0 Å². The maximum absolute atomic E-state index is 13.7. The number of hydrogen-bond acceptors (Lipinski definition) is 3. The van der Waals surface area contributed by atoms with Crippen LogP contribution in [0.5, 0.6) is 5.75 Å². The molecule has 0 amide bonds. The molecule has 0 N–H and O–H groups in total. The summed E-state index contributed by atoms with van der Waals surface area (Å²) in [5.74, 6) is -9.18. The molecule has 1 aliphatic heterocycles. The summed E-state index contributed by atoms with van der Waals surface area (Å²) >= 11 is 0. The average Bonchev–Trinajstić information content (AvgIpc) is 3.10. The highest BCUT2D eigenvalue weighted by Crippen LogP contribution is 2.27. The van der Waals surface area contributed by atoms with E-state index in [4.69, 9.17) is 9.57 Å². The summed E-state index contributed by atoms with van der Waals surface area (Å²) in [5.41, 5.74) is 0.310. The first-order chi connectivity index (χ1) is 11.9. The minimum Gasteiger partial charge on any atom is -0.497 e. The van der Waals surface area contributed by atoms with E-state index in [0.29, 0.717) is 17.0 Å². The molecule has 3 rings (SSSR count). The Balaban J connectivity index is 1.77. The Bertz CT molecular complexity index is 807. The van der Waals surface area contributed by atoms with Crippen molar-refractivity contribution in [3.63, 3.8) is 0 Å². The molecule has 0 aromatic heterocycles. The smallest absolute Gasteiger partial charge is 0.200 e. The predicted octanol–water partition coefficient (Wildman–Crippen LogP) is 4.13. The fourth-order valence-electron chi connectivity index (χ4n) is 2.55. The molecular weight excluding hydrogens is 345 g/mol. The summed E-state index contributed by atoms with van der Waals surface area (Å²) in [7, 11) is 1.52. The van der Waals surface area contributed by atoms with Crippen LogP contribution in [0.4, 0.5) is 22.0 Å². The largest absolute Gasteiger partial charge is 0.497 e. The number of rotatable bonds is 4. The quantitative estimate of drug-likeness (QED) is 0.468. The van der Waals surface area contributed by atoms with E-state index < -0.39 is 47.2 Å². The summed E-state index contributed by atoms with van der Waals surface area (Å²) in [5, 5.41) is 3.83. The summed E-state index contributed by atoms with van der Waals surface area (Å²) in [6.45, 7) is 0. The number of nitrogens with zero attached hydrogens (tertiary/aromatic N) is 1. The molecule has 25 heavy (non-hydrogen) atoms. The monoisotopic (exact) mass is 357 g/mol. The Morgan fingerprint density at radius 2 is 1.52 bits per heavy atom. The van der Waals surface area contributed by atoms with Gasteiger partial charge in [0.15, 0.2) is 23.3 Å². The molecular formula is C17H12F5NO2. The van der Waals surface area contributed by atoms with Gasteiger partial charge >= 0.3 is 0 Å². The van der Waals surface area contributed by atoms with Crippen molar-refractivity contribution in [3.05, 3.63) is 64.5 Å². The molecule has 3 nitrogen and oxygen atoms in total. The third-order valence-electron chi connectivity index (χ3n) is 3.89. The molecule has 8 heteroatoms. The molecule has 0 bridgehead atoms. The minimum absolute atomic E-state index is 0.172. The van der Waals surface area contributed by atoms with Crippen molar-refractivity contribution >= 4 is 5.71 Å². The second-order valence-electron chi connectivity index (χ2n) is 5.45. The Morgan fingerprint density at radius 1 is 0.960 bits per heavy atom. The first-order valence-electron chi connectivity index (χ1n) is 7.29. The number of oxime groups is 1. The van der Waals surface area contributed by atoms with Crippen LogP contribution < -0.4 is 4.74 Å². The van der Waals surface area contributed by atoms with Gasteiger partial charge in [-0.1, -0.05) is 5.16 Å². The van der Waals surface area contributed by atoms with Gasteiger partial charge in [0.05, 0.1) is 12.8 Å². The number of ether oxygens (including phenoxy) is 1. The standard InChI is InChI=1S/C17H12F5NO2/c1-24-9-4-2-8(3-5-9)12-7-10(25-23-12)6-11-13(18)15(20)17(22)16(21)14(11)19/h2-5,10H,6-7H2,1H3. The fourth-order valence-corrected chi connectivity index (χ4v) is 2.55. The van der Waals surface area contributed by atoms with Gasteiger partial charge in [0.1, 0.15) is 11.9 Å². The zero-order chi connectivity index (χ0) is 18.1. The fraction of sp³-hybridized carbons (Fsp3) is 0.235. The summed E-state index contributed by atoms with van der Waals surface area (Å²) in [6, 6.07) is 6.86. The Labute approximate surface area is 139 Å². The molecule has 0 radical (unpaired) electrons. The van der Waals surface area contributed by atoms with E-state index in [1.165, 1.54) is 7.11 Å². The molecule has 1 aliphatic rings. The third kappa shape index (κ3) is 3.16. The molecule has 1 heterocycles. The zero-order valence-electron chi connectivity index (χ0n) is 13.0. The Morgan fingerprint density at radius 3 is 2.08 bits per heavy atom. The Hall–Kier alpha value is -2.64. The second-order valence-corrected chi connectivity index (χ2v) is 5.45. The molecule has 0 spiro atoms. The first kappa shape index (κ1) is 17.2. The van der Waals surface area contributed by atoms with Crippen molar-refractivity contribution < 1.29 is 31.5 Å². The second kappa shape index (κ2) is 6.70. The highest BCUT2D eigenvalue weighted by molar-refractivity contribution is 6.01. The van der Waals surface area contributed by atoms with Crippen LogP contribution in [-0.2, 0) is 11.3 Å². The van der Waals surface area contributed by atoms with Crippen molar-refractivity contribution in [2.45, 2.75) is 18.9 Å². The maximum atomic E-state index is 13.7. The number of halogens is 5. The highest BCUT2D eigenvalue weighted by Gasteiger charge is 2.30. The van der Waals surface area contributed by atoms with Gasteiger partial charge in [-0.05, 0) is 29.8 Å². The van der Waals surface area contributed by atoms with E-state index in [9.17, 15) is 22.0 Å². The van der Waals surface area contributed by atoms with Gasteiger partial charge in [-0.25, -0.2) is 22.0 Å². The van der Waals surface area contributed by atoms with Gasteiger partial charge in [-0.3, -0.25) is 0 Å². The molecule has 0 saturated carbocycles. The Kier molecular flexibility index (Phi) is 4.61. The zero-order valence-corrected chi connectivity index (χ0v) is 13.0. The van der Waals surface area contributed by atoms with Gasteiger partial charge in [0.2, 0.25) is 5.82 Å². The average molecular weight is 357 g/mol. The number of benzene rings is 2. The molecule has 1 atom stereocenters. The number of methoxy groups -OCH3 is 1. The third-order valence-corrected chi connectivity index (χ3v) is 3.89. The lowest BCUT2D eigenvalue weighted by Crippen LogP contribution is -2.16. The SMILES string of the molecule is COc1ccc(C2=NOC(Cc3c(F)c(F)c(F)c(F)c3F)C2)cc1. The van der Waals surface area contributed by atoms with E-state index in [-0.39, 0.29) is 6.42 Å². The van der Waals surface area contributed by atoms with Gasteiger partial charge in [-0.2, -0.15) is 0 Å². The lowest BCUT2D eigenvalue weighted by atomic mass is 9.99. The van der Waals surface area contributed by atoms with Crippen LogP contribution >= 0.6 is 0 Å². The van der Waals surface area contributed by atoms with Crippen molar-refractivity contribution in [2.75, 3.05) is 7.11 Å². The van der Waals surface area contributed by atoms with Gasteiger partial charge in [0, 0.05) is 18.4 Å². The van der Waals surface area contributed by atoms with Gasteiger partial charge in [0.25, 0.3) is 0 Å². The van der Waals surface area contributed by atoms with Crippen LogP contribution in [0.3, 0.4) is 0 Å². The normalized spacial score (nSPS) is 16.6. The molecule has 0 saturated heterocycles. The lowest BCUT2D eigenvalue weighted by molar-refractivity contribution is 0.0841. The van der Waals surface area contributed by atoms with E-state index in [1.807, 2.05) is 0 Å². The van der Waals surface area contributed by atoms with Gasteiger partial charge < -0.3 is 9.57 Å². The van der Waals surface area contributed by atoms with E-state index in [1.54, 1.807) is 24.3 Å². The van der Waals surface area contributed by atoms with Crippen LogP contribution in [0.15, 0.2) is 29.4 Å². The lowest BCUT2D eigenvalue weighted by Gasteiger charge is -2.11. The molecule has 2 aromatic carbocycles. The highest BCUT2D eigenvalue weighted by atomic mass is 19.2. The minimum atomic E-state index is -2.18. The van der Waals surface area contributed by atoms with E-state index in [2.05, 4.69) is 5.16 Å².